The van der Waals surface area contributed by atoms with Gasteiger partial charge in [-0.1, -0.05) is 0 Å². The highest BCUT2D eigenvalue weighted by Gasteiger charge is 2.59. The monoisotopic (exact) mass is 316 g/mol. The SMILES string of the molecule is CC(C)(C)O[C@H]1O[C@H]([C@H]2COC(C)(C)O2)[C@@H]2OC(C)(C)O[C@H]12. The third kappa shape index (κ3) is 3.32. The van der Waals surface area contributed by atoms with Crippen LogP contribution in [0.5, 0.6) is 0 Å². The van der Waals surface area contributed by atoms with Crippen molar-refractivity contribution < 1.29 is 28.4 Å². The summed E-state index contributed by atoms with van der Waals surface area (Å²) in [6.45, 7) is 14.1. The van der Waals surface area contributed by atoms with Gasteiger partial charge in [-0.3, -0.25) is 0 Å². The fourth-order valence-electron chi connectivity index (χ4n) is 3.21. The fourth-order valence-corrected chi connectivity index (χ4v) is 3.21. The van der Waals surface area contributed by atoms with Crippen LogP contribution in [0.3, 0.4) is 0 Å². The third-order valence-electron chi connectivity index (χ3n) is 3.91. The summed E-state index contributed by atoms with van der Waals surface area (Å²) in [4.78, 5) is 0. The number of rotatable bonds is 2. The van der Waals surface area contributed by atoms with E-state index in [1.54, 1.807) is 0 Å². The van der Waals surface area contributed by atoms with Gasteiger partial charge >= 0.3 is 0 Å². The van der Waals surface area contributed by atoms with E-state index in [0.29, 0.717) is 6.61 Å². The summed E-state index contributed by atoms with van der Waals surface area (Å²) in [5.74, 6) is -1.24. The quantitative estimate of drug-likeness (QED) is 0.778. The highest BCUT2D eigenvalue weighted by molar-refractivity contribution is 5.00. The molecule has 5 atom stereocenters. The van der Waals surface area contributed by atoms with Crippen LogP contribution in [-0.2, 0) is 28.4 Å². The van der Waals surface area contributed by atoms with Crippen LogP contribution in [0, 0.1) is 0 Å². The summed E-state index contributed by atoms with van der Waals surface area (Å²) in [7, 11) is 0. The molecule has 0 saturated carbocycles. The predicted octanol–water partition coefficient (Wildman–Crippen LogP) is 2.20. The van der Waals surface area contributed by atoms with E-state index in [9.17, 15) is 0 Å². The van der Waals surface area contributed by atoms with Crippen LogP contribution in [0.15, 0.2) is 0 Å². The second kappa shape index (κ2) is 5.13. The zero-order valence-corrected chi connectivity index (χ0v) is 14.5. The van der Waals surface area contributed by atoms with Crippen molar-refractivity contribution >= 4 is 0 Å². The first-order valence-corrected chi connectivity index (χ1v) is 7.97. The minimum Gasteiger partial charge on any atom is -0.348 e. The minimum atomic E-state index is -0.647. The van der Waals surface area contributed by atoms with Gasteiger partial charge in [0, 0.05) is 0 Å². The molecule has 0 N–H and O–H groups in total. The molecule has 0 aromatic heterocycles. The Morgan fingerprint density at radius 2 is 1.50 bits per heavy atom. The topological polar surface area (TPSA) is 55.4 Å². The second-order valence-corrected chi connectivity index (χ2v) is 8.13. The average Bonchev–Trinajstić information content (AvgIpc) is 2.90. The van der Waals surface area contributed by atoms with E-state index in [1.165, 1.54) is 0 Å². The molecule has 0 aliphatic carbocycles. The van der Waals surface area contributed by atoms with Crippen LogP contribution in [0.2, 0.25) is 0 Å². The molecule has 6 heteroatoms. The Morgan fingerprint density at radius 1 is 0.864 bits per heavy atom. The molecule has 22 heavy (non-hydrogen) atoms. The Bertz CT molecular complexity index is 427. The van der Waals surface area contributed by atoms with Gasteiger partial charge in [0.05, 0.1) is 12.2 Å². The molecule has 3 saturated heterocycles. The van der Waals surface area contributed by atoms with Gasteiger partial charge < -0.3 is 28.4 Å². The number of hydrogen-bond donors (Lipinski definition) is 0. The van der Waals surface area contributed by atoms with Gasteiger partial charge in [-0.25, -0.2) is 0 Å². The van der Waals surface area contributed by atoms with E-state index in [4.69, 9.17) is 28.4 Å². The van der Waals surface area contributed by atoms with Gasteiger partial charge in [-0.2, -0.15) is 0 Å². The van der Waals surface area contributed by atoms with Crippen molar-refractivity contribution in [1.82, 2.24) is 0 Å². The van der Waals surface area contributed by atoms with E-state index in [2.05, 4.69) is 0 Å². The zero-order valence-electron chi connectivity index (χ0n) is 14.5. The number of hydrogen-bond acceptors (Lipinski definition) is 6. The van der Waals surface area contributed by atoms with E-state index in [1.807, 2.05) is 48.5 Å². The van der Waals surface area contributed by atoms with Crippen molar-refractivity contribution in [1.29, 1.82) is 0 Å². The lowest BCUT2D eigenvalue weighted by atomic mass is 10.1. The molecule has 3 rings (SSSR count). The van der Waals surface area contributed by atoms with Gasteiger partial charge in [-0.05, 0) is 48.5 Å². The maximum atomic E-state index is 6.10. The van der Waals surface area contributed by atoms with Gasteiger partial charge in [0.1, 0.15) is 24.4 Å². The lowest BCUT2D eigenvalue weighted by Crippen LogP contribution is -2.40. The Labute approximate surface area is 132 Å². The summed E-state index contributed by atoms with van der Waals surface area (Å²) in [6.07, 6.45) is -1.39. The van der Waals surface area contributed by atoms with Crippen LogP contribution < -0.4 is 0 Å². The number of ether oxygens (including phenoxy) is 6. The van der Waals surface area contributed by atoms with Crippen molar-refractivity contribution in [3.05, 3.63) is 0 Å². The first-order chi connectivity index (χ1) is 9.96. The fraction of sp³-hybridized carbons (Fsp3) is 1.00. The Morgan fingerprint density at radius 3 is 2.05 bits per heavy atom. The minimum absolute atomic E-state index is 0.187. The summed E-state index contributed by atoms with van der Waals surface area (Å²) < 4.78 is 35.8. The zero-order chi connectivity index (χ0) is 16.3. The van der Waals surface area contributed by atoms with Crippen molar-refractivity contribution in [2.75, 3.05) is 6.61 Å². The third-order valence-corrected chi connectivity index (χ3v) is 3.91. The first kappa shape index (κ1) is 16.6. The molecule has 0 aromatic carbocycles. The summed E-state index contributed by atoms with van der Waals surface area (Å²) >= 11 is 0. The Balaban J connectivity index is 1.77. The Kier molecular flexibility index (Phi) is 3.87. The summed E-state index contributed by atoms with van der Waals surface area (Å²) in [5, 5.41) is 0. The van der Waals surface area contributed by atoms with E-state index in [0.717, 1.165) is 0 Å². The van der Waals surface area contributed by atoms with Crippen molar-refractivity contribution in [3.63, 3.8) is 0 Å². The molecule has 0 radical (unpaired) electrons. The largest absolute Gasteiger partial charge is 0.348 e. The smallest absolute Gasteiger partial charge is 0.187 e. The van der Waals surface area contributed by atoms with Gasteiger partial charge in [-0.15, -0.1) is 0 Å². The highest BCUT2D eigenvalue weighted by atomic mass is 16.8. The van der Waals surface area contributed by atoms with Crippen molar-refractivity contribution in [2.45, 2.75) is 96.3 Å². The van der Waals surface area contributed by atoms with Crippen molar-refractivity contribution in [3.8, 4) is 0 Å². The van der Waals surface area contributed by atoms with Crippen LogP contribution in [0.4, 0.5) is 0 Å². The molecule has 3 aliphatic rings. The standard InChI is InChI=1S/C16H28O6/c1-14(2,3)22-13-12-11(20-16(6,7)21-12)10(18-13)9-8-17-15(4,5)19-9/h9-13H,8H2,1-7H3/t9-,10-,11+,12+,13-/m1/s1. The lowest BCUT2D eigenvalue weighted by Gasteiger charge is -2.30. The van der Waals surface area contributed by atoms with Gasteiger partial charge in [0.2, 0.25) is 0 Å². The molecule has 0 unspecified atom stereocenters. The lowest BCUT2D eigenvalue weighted by molar-refractivity contribution is -0.267. The molecule has 128 valence electrons. The van der Waals surface area contributed by atoms with E-state index < -0.39 is 17.9 Å². The molecule has 0 bridgehead atoms. The maximum absolute atomic E-state index is 6.10. The molecular weight excluding hydrogens is 288 g/mol. The molecule has 3 fully saturated rings. The van der Waals surface area contributed by atoms with Crippen LogP contribution in [0.25, 0.3) is 0 Å². The highest BCUT2D eigenvalue weighted by Crippen LogP contribution is 2.43. The second-order valence-electron chi connectivity index (χ2n) is 8.13. The van der Waals surface area contributed by atoms with Crippen LogP contribution >= 0.6 is 0 Å². The summed E-state index contributed by atoms with van der Waals surface area (Å²) in [5.41, 5.74) is -0.327. The van der Waals surface area contributed by atoms with Gasteiger partial charge in [0.15, 0.2) is 17.9 Å². The molecule has 3 aliphatic heterocycles. The summed E-state index contributed by atoms with van der Waals surface area (Å²) in [6, 6.07) is 0. The van der Waals surface area contributed by atoms with Crippen LogP contribution in [-0.4, -0.2) is 54.5 Å². The maximum Gasteiger partial charge on any atom is 0.187 e. The Hall–Kier alpha value is -0.240. The normalized spacial score (nSPS) is 43.5. The molecule has 3 heterocycles. The number of fused-ring (bicyclic) bond motifs is 1. The molecule has 0 amide bonds. The molecule has 0 aromatic rings. The average molecular weight is 316 g/mol. The van der Waals surface area contributed by atoms with Crippen molar-refractivity contribution in [2.24, 2.45) is 0 Å². The molecular formula is C16H28O6. The predicted molar refractivity (Wildman–Crippen MR) is 78.2 cm³/mol. The molecule has 6 nitrogen and oxygen atoms in total. The van der Waals surface area contributed by atoms with Crippen LogP contribution in [0.1, 0.15) is 48.5 Å². The molecule has 0 spiro atoms. The van der Waals surface area contributed by atoms with E-state index >= 15 is 0 Å². The van der Waals surface area contributed by atoms with Gasteiger partial charge in [0.25, 0.3) is 0 Å². The first-order valence-electron chi connectivity index (χ1n) is 7.97. The van der Waals surface area contributed by atoms with E-state index in [-0.39, 0.29) is 30.0 Å².